The van der Waals surface area contributed by atoms with E-state index < -0.39 is 5.82 Å². The highest BCUT2D eigenvalue weighted by Crippen LogP contribution is 2.26. The second-order valence-electron chi connectivity index (χ2n) is 4.53. The van der Waals surface area contributed by atoms with E-state index in [1.165, 1.54) is 12.1 Å². The number of nitrogens with two attached hydrogens (primary N) is 1. The Bertz CT molecular complexity index is 484. The Morgan fingerprint density at radius 2 is 2.06 bits per heavy atom. The maximum absolute atomic E-state index is 13.7. The van der Waals surface area contributed by atoms with Crippen LogP contribution in [0.4, 0.5) is 10.1 Å². The smallest absolute Gasteiger partial charge is 0.227 e. The third-order valence-corrected chi connectivity index (χ3v) is 3.47. The van der Waals surface area contributed by atoms with Crippen LogP contribution in [0.5, 0.6) is 0 Å². The summed E-state index contributed by atoms with van der Waals surface area (Å²) in [5.74, 6) is -0.596. The number of carbonyl (C=O) groups excluding carboxylic acids is 1. The molecule has 18 heavy (non-hydrogen) atoms. The third-order valence-electron chi connectivity index (χ3n) is 3.24. The van der Waals surface area contributed by atoms with Gasteiger partial charge in [-0.15, -0.1) is 0 Å². The van der Waals surface area contributed by atoms with Crippen molar-refractivity contribution in [3.8, 4) is 0 Å². The SMILES string of the molecule is NC(=S)c1ccc(NC(=O)C2CCCC2)c(F)c1. The van der Waals surface area contributed by atoms with Crippen molar-refractivity contribution in [2.45, 2.75) is 25.7 Å². The summed E-state index contributed by atoms with van der Waals surface area (Å²) < 4.78 is 13.7. The molecular formula is C13H15FN2OS. The molecule has 0 spiro atoms. The summed E-state index contributed by atoms with van der Waals surface area (Å²) in [5.41, 5.74) is 6.06. The maximum Gasteiger partial charge on any atom is 0.227 e. The Balaban J connectivity index is 2.09. The summed E-state index contributed by atoms with van der Waals surface area (Å²) in [4.78, 5) is 12.0. The predicted molar refractivity (Wildman–Crippen MR) is 72.9 cm³/mol. The number of carbonyl (C=O) groups is 1. The van der Waals surface area contributed by atoms with Crippen LogP contribution < -0.4 is 11.1 Å². The van der Waals surface area contributed by atoms with Crippen LogP contribution in [0.15, 0.2) is 18.2 Å². The number of benzene rings is 1. The van der Waals surface area contributed by atoms with Gasteiger partial charge in [-0.05, 0) is 31.0 Å². The number of hydrogen-bond donors (Lipinski definition) is 2. The normalized spacial score (nSPS) is 15.6. The molecule has 0 atom stereocenters. The van der Waals surface area contributed by atoms with Gasteiger partial charge in [-0.3, -0.25) is 4.79 Å². The van der Waals surface area contributed by atoms with Gasteiger partial charge in [0.1, 0.15) is 10.8 Å². The predicted octanol–water partition coefficient (Wildman–Crippen LogP) is 2.59. The van der Waals surface area contributed by atoms with E-state index in [1.807, 2.05) is 0 Å². The minimum Gasteiger partial charge on any atom is -0.389 e. The number of halogens is 1. The van der Waals surface area contributed by atoms with Crippen LogP contribution in [0.1, 0.15) is 31.2 Å². The van der Waals surface area contributed by atoms with Gasteiger partial charge in [0.25, 0.3) is 0 Å². The first-order valence-electron chi connectivity index (χ1n) is 5.98. The highest BCUT2D eigenvalue weighted by molar-refractivity contribution is 7.80. The van der Waals surface area contributed by atoms with Crippen molar-refractivity contribution >= 4 is 28.8 Å². The van der Waals surface area contributed by atoms with Gasteiger partial charge in [0.2, 0.25) is 5.91 Å². The summed E-state index contributed by atoms with van der Waals surface area (Å²) in [5, 5.41) is 2.62. The summed E-state index contributed by atoms with van der Waals surface area (Å²) in [7, 11) is 0. The van der Waals surface area contributed by atoms with Crippen LogP contribution in [-0.2, 0) is 4.79 Å². The molecule has 0 unspecified atom stereocenters. The Morgan fingerprint density at radius 1 is 1.39 bits per heavy atom. The zero-order chi connectivity index (χ0) is 13.1. The molecule has 3 nitrogen and oxygen atoms in total. The quantitative estimate of drug-likeness (QED) is 0.827. The van der Waals surface area contributed by atoms with E-state index in [1.54, 1.807) is 6.07 Å². The molecule has 1 fully saturated rings. The number of amides is 1. The molecule has 3 N–H and O–H groups in total. The van der Waals surface area contributed by atoms with E-state index in [0.717, 1.165) is 25.7 Å². The van der Waals surface area contributed by atoms with Gasteiger partial charge < -0.3 is 11.1 Å². The van der Waals surface area contributed by atoms with E-state index in [0.29, 0.717) is 5.56 Å². The Morgan fingerprint density at radius 3 is 2.61 bits per heavy atom. The molecule has 2 rings (SSSR count). The van der Waals surface area contributed by atoms with E-state index >= 15 is 0 Å². The molecule has 5 heteroatoms. The van der Waals surface area contributed by atoms with Crippen molar-refractivity contribution in [1.29, 1.82) is 0 Å². The van der Waals surface area contributed by atoms with Gasteiger partial charge in [0, 0.05) is 11.5 Å². The lowest BCUT2D eigenvalue weighted by molar-refractivity contribution is -0.119. The van der Waals surface area contributed by atoms with Crippen LogP contribution in [0.2, 0.25) is 0 Å². The first-order valence-corrected chi connectivity index (χ1v) is 6.39. The van der Waals surface area contributed by atoms with Crippen molar-refractivity contribution in [2.24, 2.45) is 11.7 Å². The molecule has 1 amide bonds. The van der Waals surface area contributed by atoms with Gasteiger partial charge in [0.15, 0.2) is 0 Å². The average molecular weight is 266 g/mol. The fraction of sp³-hybridized carbons (Fsp3) is 0.385. The molecular weight excluding hydrogens is 251 g/mol. The summed E-state index contributed by atoms with van der Waals surface area (Å²) in [6.07, 6.45) is 3.92. The molecule has 0 saturated heterocycles. The second kappa shape index (κ2) is 5.44. The molecule has 96 valence electrons. The summed E-state index contributed by atoms with van der Waals surface area (Å²) >= 11 is 4.76. The highest BCUT2D eigenvalue weighted by atomic mass is 32.1. The van der Waals surface area contributed by atoms with E-state index in [4.69, 9.17) is 18.0 Å². The first kappa shape index (κ1) is 13.0. The van der Waals surface area contributed by atoms with E-state index in [-0.39, 0.29) is 22.5 Å². The van der Waals surface area contributed by atoms with Crippen molar-refractivity contribution in [3.05, 3.63) is 29.6 Å². The molecule has 1 saturated carbocycles. The zero-order valence-corrected chi connectivity index (χ0v) is 10.7. The lowest BCUT2D eigenvalue weighted by Crippen LogP contribution is -2.21. The van der Waals surface area contributed by atoms with E-state index in [9.17, 15) is 9.18 Å². The third kappa shape index (κ3) is 2.85. The van der Waals surface area contributed by atoms with Gasteiger partial charge in [0.05, 0.1) is 5.69 Å². The summed E-state index contributed by atoms with van der Waals surface area (Å²) in [6, 6.07) is 4.35. The number of thiocarbonyl (C=S) groups is 1. The summed E-state index contributed by atoms with van der Waals surface area (Å²) in [6.45, 7) is 0. The van der Waals surface area contributed by atoms with Gasteiger partial charge in [-0.2, -0.15) is 0 Å². The maximum atomic E-state index is 13.7. The Labute approximate surface area is 111 Å². The van der Waals surface area contributed by atoms with Crippen molar-refractivity contribution in [3.63, 3.8) is 0 Å². The van der Waals surface area contributed by atoms with E-state index in [2.05, 4.69) is 5.32 Å². The molecule has 0 heterocycles. The Hall–Kier alpha value is -1.49. The van der Waals surface area contributed by atoms with Gasteiger partial charge in [-0.25, -0.2) is 4.39 Å². The monoisotopic (exact) mass is 266 g/mol. The fourth-order valence-corrected chi connectivity index (χ4v) is 2.32. The second-order valence-corrected chi connectivity index (χ2v) is 4.97. The van der Waals surface area contributed by atoms with Gasteiger partial charge >= 0.3 is 0 Å². The number of anilines is 1. The van der Waals surface area contributed by atoms with Crippen molar-refractivity contribution in [1.82, 2.24) is 0 Å². The highest BCUT2D eigenvalue weighted by Gasteiger charge is 2.23. The lowest BCUT2D eigenvalue weighted by Gasteiger charge is -2.11. The minimum absolute atomic E-state index is 0.0136. The van der Waals surface area contributed by atoms with Crippen molar-refractivity contribution in [2.75, 3.05) is 5.32 Å². The zero-order valence-electron chi connectivity index (χ0n) is 9.91. The lowest BCUT2D eigenvalue weighted by atomic mass is 10.1. The minimum atomic E-state index is -0.508. The van der Waals surface area contributed by atoms with Crippen LogP contribution in [0.25, 0.3) is 0 Å². The molecule has 1 aromatic carbocycles. The molecule has 1 aliphatic rings. The molecule has 1 aliphatic carbocycles. The van der Waals surface area contributed by atoms with Crippen LogP contribution in [0.3, 0.4) is 0 Å². The average Bonchev–Trinajstić information content (AvgIpc) is 2.85. The van der Waals surface area contributed by atoms with Crippen LogP contribution >= 0.6 is 12.2 Å². The molecule has 0 bridgehead atoms. The number of nitrogens with one attached hydrogen (secondary N) is 1. The van der Waals surface area contributed by atoms with Crippen molar-refractivity contribution < 1.29 is 9.18 Å². The largest absolute Gasteiger partial charge is 0.389 e. The molecule has 1 aromatic rings. The number of rotatable bonds is 3. The van der Waals surface area contributed by atoms with Crippen LogP contribution in [0, 0.1) is 11.7 Å². The molecule has 0 aliphatic heterocycles. The fourth-order valence-electron chi connectivity index (χ4n) is 2.19. The Kier molecular flexibility index (Phi) is 3.91. The molecule has 0 radical (unpaired) electrons. The first-order chi connectivity index (χ1) is 8.58. The standard InChI is InChI=1S/C13H15FN2OS/c14-10-7-9(12(15)18)5-6-11(10)16-13(17)8-3-1-2-4-8/h5-8H,1-4H2,(H2,15,18)(H,16,17). The molecule has 0 aromatic heterocycles. The van der Waals surface area contributed by atoms with Crippen LogP contribution in [-0.4, -0.2) is 10.9 Å². The van der Waals surface area contributed by atoms with Gasteiger partial charge in [-0.1, -0.05) is 25.1 Å². The number of hydrogen-bond acceptors (Lipinski definition) is 2. The topological polar surface area (TPSA) is 55.1 Å².